The molecule has 288 valence electrons. The summed E-state index contributed by atoms with van der Waals surface area (Å²) in [7, 11) is 0. The molecule has 0 spiro atoms. The van der Waals surface area contributed by atoms with Gasteiger partial charge in [-0.1, -0.05) is 133 Å². The smallest absolute Gasteiger partial charge is 0.338 e. The lowest BCUT2D eigenvalue weighted by molar-refractivity contribution is -0.0974. The minimum absolute atomic E-state index is 0.218. The molecule has 3 atom stereocenters. The first-order chi connectivity index (χ1) is 27.9. The molecular weight excluding hydrogens is 757 g/mol. The molecule has 0 bridgehead atoms. The van der Waals surface area contributed by atoms with Crippen molar-refractivity contribution in [2.75, 3.05) is 6.61 Å². The molecule has 0 amide bonds. The predicted molar refractivity (Wildman–Crippen MR) is 223 cm³/mol. The molecule has 0 aliphatic carbocycles. The van der Waals surface area contributed by atoms with Gasteiger partial charge in [0, 0.05) is 11.5 Å². The monoisotopic (exact) mass is 796 g/mol. The quantitative estimate of drug-likeness (QED) is 0.0474. The van der Waals surface area contributed by atoms with E-state index in [0.29, 0.717) is 11.5 Å². The number of benzene rings is 6. The van der Waals surface area contributed by atoms with Crippen LogP contribution in [0.15, 0.2) is 182 Å². The van der Waals surface area contributed by atoms with Crippen LogP contribution in [0.1, 0.15) is 52.6 Å². The maximum Gasteiger partial charge on any atom is 0.338 e. The molecule has 6 rings (SSSR count). The lowest BCUT2D eigenvalue weighted by Gasteiger charge is -2.36. The van der Waals surface area contributed by atoms with Crippen LogP contribution in [0.2, 0.25) is 0 Å². The molecule has 0 radical (unpaired) electrons. The first-order valence-corrected chi connectivity index (χ1v) is 20.4. The minimum atomic E-state index is -1.47. The van der Waals surface area contributed by atoms with Crippen molar-refractivity contribution in [1.82, 2.24) is 0 Å². The zero-order chi connectivity index (χ0) is 39.7. The molecule has 10 heteroatoms. The Morgan fingerprint density at radius 1 is 0.386 bits per heavy atom. The third-order valence-corrected chi connectivity index (χ3v) is 11.6. The Morgan fingerprint density at radius 3 is 1.09 bits per heavy atom. The van der Waals surface area contributed by atoms with E-state index in [0.717, 1.165) is 11.1 Å². The van der Waals surface area contributed by atoms with Gasteiger partial charge in [0.15, 0.2) is 18.3 Å². The van der Waals surface area contributed by atoms with E-state index in [4.69, 9.17) is 18.9 Å². The Balaban J connectivity index is 1.45. The van der Waals surface area contributed by atoms with Gasteiger partial charge in [0.25, 0.3) is 0 Å². The fourth-order valence-corrected chi connectivity index (χ4v) is 8.39. The number of hydrogen-bond acceptors (Lipinski definition) is 10. The normalized spacial score (nSPS) is 12.4. The number of rotatable bonds is 18. The van der Waals surface area contributed by atoms with Gasteiger partial charge < -0.3 is 18.9 Å². The summed E-state index contributed by atoms with van der Waals surface area (Å²) in [6, 6.07) is 53.1. The average Bonchev–Trinajstić information content (AvgIpc) is 3.28. The Kier molecular flexibility index (Phi) is 15.1. The van der Waals surface area contributed by atoms with E-state index in [1.54, 1.807) is 121 Å². The van der Waals surface area contributed by atoms with Gasteiger partial charge >= 0.3 is 23.9 Å². The van der Waals surface area contributed by atoms with Gasteiger partial charge in [-0.3, -0.25) is 0 Å². The summed E-state index contributed by atoms with van der Waals surface area (Å²) in [5.74, 6) is -1.86. The summed E-state index contributed by atoms with van der Waals surface area (Å²) in [5, 5.41) is 0. The Labute approximate surface area is 340 Å². The SMILES string of the molecule is O=C(OCC(OC(=O)c1ccccc1)C(OC(=O)c1ccccc1)C(OC(=O)c1ccccc1)C(SCc1ccccc1)SCc1ccccc1)c1ccccc1. The predicted octanol–water partition coefficient (Wildman–Crippen LogP) is 9.71. The van der Waals surface area contributed by atoms with Crippen molar-refractivity contribution >= 4 is 47.4 Å². The van der Waals surface area contributed by atoms with Gasteiger partial charge in [-0.05, 0) is 59.7 Å². The molecule has 57 heavy (non-hydrogen) atoms. The van der Waals surface area contributed by atoms with Crippen molar-refractivity contribution in [1.29, 1.82) is 0 Å². The zero-order valence-electron chi connectivity index (χ0n) is 30.8. The number of carbonyl (C=O) groups excluding carboxylic acids is 4. The summed E-state index contributed by atoms with van der Waals surface area (Å²) in [4.78, 5) is 55.5. The van der Waals surface area contributed by atoms with Crippen LogP contribution in [0.3, 0.4) is 0 Å². The molecule has 0 aliphatic rings. The Bertz CT molecular complexity index is 2110. The molecule has 0 saturated heterocycles. The third-order valence-electron chi connectivity index (χ3n) is 8.63. The van der Waals surface area contributed by atoms with Crippen LogP contribution in [-0.2, 0) is 30.5 Å². The summed E-state index contributed by atoms with van der Waals surface area (Å²) >= 11 is 2.98. The Morgan fingerprint density at radius 2 is 0.702 bits per heavy atom. The first kappa shape index (κ1) is 40.6. The summed E-state index contributed by atoms with van der Waals surface area (Å²) in [6.07, 6.45) is -4.17. The number of ether oxygens (including phenoxy) is 4. The van der Waals surface area contributed by atoms with Gasteiger partial charge in [0.05, 0.1) is 26.8 Å². The average molecular weight is 797 g/mol. The standard InChI is InChI=1S/C47H40O8S2/c48-43(36-23-11-3-12-24-36)52-31-40(53-44(49)37-25-13-4-14-26-37)41(54-45(50)38-27-15-5-16-28-38)42(55-46(51)39-29-17-6-18-30-39)47(56-32-34-19-7-1-8-20-34)57-33-35-21-9-2-10-22-35/h1-30,40-42,47H,31-33H2. The zero-order valence-corrected chi connectivity index (χ0v) is 32.5. The van der Waals surface area contributed by atoms with E-state index >= 15 is 0 Å². The van der Waals surface area contributed by atoms with Gasteiger partial charge in [0.2, 0.25) is 0 Å². The molecule has 6 aromatic rings. The molecular formula is C47H40O8S2. The fraction of sp³-hybridized carbons (Fsp3) is 0.149. The van der Waals surface area contributed by atoms with E-state index in [9.17, 15) is 19.2 Å². The lowest BCUT2D eigenvalue weighted by Crippen LogP contribution is -2.51. The van der Waals surface area contributed by atoms with Crippen LogP contribution in [0, 0.1) is 0 Å². The van der Waals surface area contributed by atoms with Gasteiger partial charge in [-0.25, -0.2) is 19.2 Å². The van der Waals surface area contributed by atoms with Crippen LogP contribution in [0.25, 0.3) is 0 Å². The first-order valence-electron chi connectivity index (χ1n) is 18.3. The number of hydrogen-bond donors (Lipinski definition) is 0. The molecule has 0 aromatic heterocycles. The molecule has 0 heterocycles. The van der Waals surface area contributed by atoms with E-state index in [1.165, 1.54) is 23.5 Å². The van der Waals surface area contributed by atoms with Crippen molar-refractivity contribution in [3.8, 4) is 0 Å². The molecule has 0 N–H and O–H groups in total. The topological polar surface area (TPSA) is 105 Å². The van der Waals surface area contributed by atoms with Gasteiger partial charge in [-0.2, -0.15) is 0 Å². The number of carbonyl (C=O) groups is 4. The van der Waals surface area contributed by atoms with Crippen molar-refractivity contribution in [3.63, 3.8) is 0 Å². The largest absolute Gasteiger partial charge is 0.458 e. The molecule has 0 fully saturated rings. The van der Waals surface area contributed by atoms with Crippen molar-refractivity contribution < 1.29 is 38.1 Å². The lowest BCUT2D eigenvalue weighted by atomic mass is 10.1. The Hall–Kier alpha value is -6.10. The maximum atomic E-state index is 14.1. The van der Waals surface area contributed by atoms with Crippen molar-refractivity contribution in [2.45, 2.75) is 34.4 Å². The molecule has 0 saturated carbocycles. The van der Waals surface area contributed by atoms with Crippen LogP contribution in [0.4, 0.5) is 0 Å². The second-order valence-electron chi connectivity index (χ2n) is 12.7. The second-order valence-corrected chi connectivity index (χ2v) is 15.3. The van der Waals surface area contributed by atoms with E-state index in [2.05, 4.69) is 0 Å². The fourth-order valence-electron chi connectivity index (χ4n) is 5.70. The number of thioether (sulfide) groups is 2. The highest BCUT2D eigenvalue weighted by Gasteiger charge is 2.44. The van der Waals surface area contributed by atoms with Crippen LogP contribution in [-0.4, -0.2) is 53.4 Å². The van der Waals surface area contributed by atoms with Crippen molar-refractivity contribution in [2.24, 2.45) is 0 Å². The third kappa shape index (κ3) is 12.2. The summed E-state index contributed by atoms with van der Waals surface area (Å²) in [6.45, 7) is -0.530. The van der Waals surface area contributed by atoms with E-state index in [-0.39, 0.29) is 22.3 Å². The highest BCUT2D eigenvalue weighted by molar-refractivity contribution is 8.16. The second kappa shape index (κ2) is 21.3. The van der Waals surface area contributed by atoms with E-state index < -0.39 is 53.4 Å². The minimum Gasteiger partial charge on any atom is -0.458 e. The summed E-state index contributed by atoms with van der Waals surface area (Å²) < 4.78 is 24.1. The summed E-state index contributed by atoms with van der Waals surface area (Å²) in [5.41, 5.74) is 3.01. The van der Waals surface area contributed by atoms with Crippen LogP contribution in [0.5, 0.6) is 0 Å². The molecule has 0 aliphatic heterocycles. The highest BCUT2D eigenvalue weighted by Crippen LogP contribution is 2.37. The van der Waals surface area contributed by atoms with Crippen molar-refractivity contribution in [3.05, 3.63) is 215 Å². The van der Waals surface area contributed by atoms with E-state index in [1.807, 2.05) is 60.7 Å². The molecule has 3 unspecified atom stereocenters. The molecule has 6 aromatic carbocycles. The van der Waals surface area contributed by atoms with Crippen LogP contribution >= 0.6 is 23.5 Å². The number of esters is 4. The van der Waals surface area contributed by atoms with Gasteiger partial charge in [-0.15, -0.1) is 23.5 Å². The molecule has 8 nitrogen and oxygen atoms in total. The highest BCUT2D eigenvalue weighted by atomic mass is 32.2. The van der Waals surface area contributed by atoms with Gasteiger partial charge in [0.1, 0.15) is 6.61 Å². The maximum absolute atomic E-state index is 14.1. The van der Waals surface area contributed by atoms with Crippen LogP contribution < -0.4 is 0 Å².